The van der Waals surface area contributed by atoms with Crippen molar-refractivity contribution in [2.45, 2.75) is 19.4 Å². The van der Waals surface area contributed by atoms with E-state index in [2.05, 4.69) is 0 Å². The molecule has 0 saturated heterocycles. The van der Waals surface area contributed by atoms with Gasteiger partial charge in [-0.15, -0.1) is 0 Å². The lowest BCUT2D eigenvalue weighted by Crippen LogP contribution is -2.33. The largest absolute Gasteiger partial charge is 0.399 e. The Labute approximate surface area is 148 Å². The maximum atomic E-state index is 13.2. The third-order valence-electron chi connectivity index (χ3n) is 4.50. The fraction of sp³-hybridized carbons (Fsp3) is 0.350. The summed E-state index contributed by atoms with van der Waals surface area (Å²) in [5, 5.41) is 0. The van der Waals surface area contributed by atoms with Gasteiger partial charge in [-0.25, -0.2) is 4.39 Å². The second kappa shape index (κ2) is 7.13. The van der Waals surface area contributed by atoms with Gasteiger partial charge >= 0.3 is 0 Å². The van der Waals surface area contributed by atoms with E-state index < -0.39 is 0 Å². The van der Waals surface area contributed by atoms with E-state index in [9.17, 15) is 9.18 Å². The number of halogens is 1. The van der Waals surface area contributed by atoms with Gasteiger partial charge in [0.2, 0.25) is 0 Å². The Morgan fingerprint density at radius 1 is 1.16 bits per heavy atom. The Morgan fingerprint density at radius 2 is 1.84 bits per heavy atom. The van der Waals surface area contributed by atoms with Crippen LogP contribution in [0.3, 0.4) is 0 Å². The third-order valence-corrected chi connectivity index (χ3v) is 4.50. The van der Waals surface area contributed by atoms with Crippen LogP contribution in [0.25, 0.3) is 0 Å². The Hall–Kier alpha value is -2.56. The number of amides is 1. The fourth-order valence-electron chi connectivity index (χ4n) is 2.98. The van der Waals surface area contributed by atoms with Crippen molar-refractivity contribution in [2.24, 2.45) is 5.92 Å². The van der Waals surface area contributed by atoms with Crippen LogP contribution in [-0.4, -0.2) is 31.4 Å². The van der Waals surface area contributed by atoms with Gasteiger partial charge in [-0.3, -0.25) is 4.79 Å². The van der Waals surface area contributed by atoms with E-state index in [0.29, 0.717) is 23.7 Å². The molecule has 0 spiro atoms. The van der Waals surface area contributed by atoms with Gasteiger partial charge < -0.3 is 15.5 Å². The Bertz CT molecular complexity index is 754. The topological polar surface area (TPSA) is 49.6 Å². The molecule has 132 valence electrons. The first-order valence-corrected chi connectivity index (χ1v) is 8.54. The summed E-state index contributed by atoms with van der Waals surface area (Å²) in [6, 6.07) is 11.5. The monoisotopic (exact) mass is 341 g/mol. The summed E-state index contributed by atoms with van der Waals surface area (Å²) in [5.74, 6) is 0.156. The van der Waals surface area contributed by atoms with Crippen molar-refractivity contribution >= 4 is 17.3 Å². The summed E-state index contributed by atoms with van der Waals surface area (Å²) in [5.41, 5.74) is 9.21. The van der Waals surface area contributed by atoms with Gasteiger partial charge in [0.05, 0.1) is 0 Å². The zero-order valence-corrected chi connectivity index (χ0v) is 14.7. The molecule has 0 bridgehead atoms. The van der Waals surface area contributed by atoms with Crippen molar-refractivity contribution in [1.29, 1.82) is 0 Å². The van der Waals surface area contributed by atoms with Crippen LogP contribution >= 0.6 is 0 Å². The minimum absolute atomic E-state index is 0.0703. The normalized spacial score (nSPS) is 13.6. The Morgan fingerprint density at radius 3 is 2.44 bits per heavy atom. The van der Waals surface area contributed by atoms with Gasteiger partial charge in [0, 0.05) is 44.1 Å². The van der Waals surface area contributed by atoms with Crippen LogP contribution in [0.4, 0.5) is 15.8 Å². The molecule has 1 aliphatic rings. The van der Waals surface area contributed by atoms with Crippen molar-refractivity contribution in [1.82, 2.24) is 4.90 Å². The van der Waals surface area contributed by atoms with E-state index in [1.165, 1.54) is 12.1 Å². The molecule has 2 aromatic rings. The van der Waals surface area contributed by atoms with E-state index in [0.717, 1.165) is 30.6 Å². The van der Waals surface area contributed by atoms with Gasteiger partial charge in [0.1, 0.15) is 5.82 Å². The molecule has 25 heavy (non-hydrogen) atoms. The van der Waals surface area contributed by atoms with E-state index in [1.807, 2.05) is 42.1 Å². The first-order chi connectivity index (χ1) is 11.9. The smallest absolute Gasteiger partial charge is 0.254 e. The predicted octanol–water partition coefficient (Wildman–Crippen LogP) is 3.53. The minimum Gasteiger partial charge on any atom is -0.399 e. The molecule has 0 radical (unpaired) electrons. The molecule has 2 N–H and O–H groups in total. The zero-order chi connectivity index (χ0) is 18.0. The zero-order valence-electron chi connectivity index (χ0n) is 14.7. The van der Waals surface area contributed by atoms with Crippen LogP contribution in [0.1, 0.15) is 28.8 Å². The van der Waals surface area contributed by atoms with Crippen LogP contribution in [-0.2, 0) is 6.54 Å². The van der Waals surface area contributed by atoms with Gasteiger partial charge in [-0.2, -0.15) is 0 Å². The second-order valence-electron chi connectivity index (χ2n) is 6.92. The minimum atomic E-state index is -0.337. The number of benzene rings is 2. The SMILES string of the molecule is CN(C)c1ccc(N)cc1CN(CC1CC1)C(=O)c1ccc(F)cc1. The van der Waals surface area contributed by atoms with E-state index in [-0.39, 0.29) is 11.7 Å². The Balaban J connectivity index is 1.87. The van der Waals surface area contributed by atoms with Crippen LogP contribution < -0.4 is 10.6 Å². The molecule has 0 aliphatic heterocycles. The number of nitrogens with zero attached hydrogens (tertiary/aromatic N) is 2. The van der Waals surface area contributed by atoms with Crippen molar-refractivity contribution in [3.05, 3.63) is 59.4 Å². The van der Waals surface area contributed by atoms with E-state index >= 15 is 0 Å². The first-order valence-electron chi connectivity index (χ1n) is 8.54. The van der Waals surface area contributed by atoms with Crippen molar-refractivity contribution in [3.8, 4) is 0 Å². The maximum absolute atomic E-state index is 13.2. The van der Waals surface area contributed by atoms with Crippen LogP contribution in [0, 0.1) is 11.7 Å². The summed E-state index contributed by atoms with van der Waals surface area (Å²) < 4.78 is 13.2. The summed E-state index contributed by atoms with van der Waals surface area (Å²) in [7, 11) is 3.95. The van der Waals surface area contributed by atoms with Gasteiger partial charge in [-0.1, -0.05) is 0 Å². The van der Waals surface area contributed by atoms with Gasteiger partial charge in [0.15, 0.2) is 0 Å². The van der Waals surface area contributed by atoms with Gasteiger partial charge in [-0.05, 0) is 66.8 Å². The predicted molar refractivity (Wildman–Crippen MR) is 99.0 cm³/mol. The van der Waals surface area contributed by atoms with E-state index in [4.69, 9.17) is 5.73 Å². The number of carbonyl (C=O) groups excluding carboxylic acids is 1. The highest BCUT2D eigenvalue weighted by molar-refractivity contribution is 5.94. The summed E-state index contributed by atoms with van der Waals surface area (Å²) >= 11 is 0. The average molecular weight is 341 g/mol. The molecule has 3 rings (SSSR count). The lowest BCUT2D eigenvalue weighted by molar-refractivity contribution is 0.0735. The highest BCUT2D eigenvalue weighted by atomic mass is 19.1. The molecule has 0 atom stereocenters. The standard InChI is InChI=1S/C20H24FN3O/c1-23(2)19-10-9-18(22)11-16(19)13-24(12-14-3-4-14)20(25)15-5-7-17(21)8-6-15/h5-11,14H,3-4,12-13,22H2,1-2H3. The van der Waals surface area contributed by atoms with Crippen LogP contribution in [0.15, 0.2) is 42.5 Å². The molecule has 1 saturated carbocycles. The number of rotatable bonds is 6. The number of nitrogens with two attached hydrogens (primary N) is 1. The number of nitrogen functional groups attached to an aromatic ring is 1. The van der Waals surface area contributed by atoms with Crippen molar-refractivity contribution in [2.75, 3.05) is 31.3 Å². The molecule has 1 aliphatic carbocycles. The van der Waals surface area contributed by atoms with Gasteiger partial charge in [0.25, 0.3) is 5.91 Å². The molecule has 4 nitrogen and oxygen atoms in total. The molecule has 1 fully saturated rings. The fourth-order valence-corrected chi connectivity index (χ4v) is 2.98. The molecule has 1 amide bonds. The summed E-state index contributed by atoms with van der Waals surface area (Å²) in [6.07, 6.45) is 2.31. The maximum Gasteiger partial charge on any atom is 0.254 e. The lowest BCUT2D eigenvalue weighted by atomic mass is 10.1. The second-order valence-corrected chi connectivity index (χ2v) is 6.92. The highest BCUT2D eigenvalue weighted by Crippen LogP contribution is 2.32. The number of anilines is 2. The van der Waals surface area contributed by atoms with Crippen LogP contribution in [0.2, 0.25) is 0 Å². The number of carbonyl (C=O) groups is 1. The number of hydrogen-bond acceptors (Lipinski definition) is 3. The molecule has 0 unspecified atom stereocenters. The Kier molecular flexibility index (Phi) is 4.93. The summed E-state index contributed by atoms with van der Waals surface area (Å²) in [6.45, 7) is 1.21. The quantitative estimate of drug-likeness (QED) is 0.818. The molecule has 0 heterocycles. The molecule has 5 heteroatoms. The third kappa shape index (κ3) is 4.29. The first kappa shape index (κ1) is 17.3. The molecular weight excluding hydrogens is 317 g/mol. The van der Waals surface area contributed by atoms with Crippen LogP contribution in [0.5, 0.6) is 0 Å². The van der Waals surface area contributed by atoms with E-state index in [1.54, 1.807) is 12.1 Å². The molecular formula is C20H24FN3O. The lowest BCUT2D eigenvalue weighted by Gasteiger charge is -2.26. The highest BCUT2D eigenvalue weighted by Gasteiger charge is 2.28. The molecule has 0 aromatic heterocycles. The number of hydrogen-bond donors (Lipinski definition) is 1. The summed E-state index contributed by atoms with van der Waals surface area (Å²) in [4.78, 5) is 16.8. The van der Waals surface area contributed by atoms with Crippen molar-refractivity contribution in [3.63, 3.8) is 0 Å². The average Bonchev–Trinajstić information content (AvgIpc) is 3.38. The van der Waals surface area contributed by atoms with Crippen molar-refractivity contribution < 1.29 is 9.18 Å². The molecule has 2 aromatic carbocycles.